The van der Waals surface area contributed by atoms with E-state index in [9.17, 15) is 4.79 Å². The van der Waals surface area contributed by atoms with Gasteiger partial charge in [-0.3, -0.25) is 9.69 Å². The summed E-state index contributed by atoms with van der Waals surface area (Å²) in [6.45, 7) is 2.40. The van der Waals surface area contributed by atoms with Crippen molar-refractivity contribution in [3.05, 3.63) is 65.7 Å². The van der Waals surface area contributed by atoms with Crippen molar-refractivity contribution in [3.63, 3.8) is 0 Å². The fourth-order valence-electron chi connectivity index (χ4n) is 3.50. The highest BCUT2D eigenvalue weighted by molar-refractivity contribution is 5.92. The summed E-state index contributed by atoms with van der Waals surface area (Å²) in [5.41, 5.74) is 3.16. The second kappa shape index (κ2) is 9.17. The van der Waals surface area contributed by atoms with E-state index in [1.807, 2.05) is 24.3 Å². The lowest BCUT2D eigenvalue weighted by atomic mass is 9.90. The molecule has 1 amide bonds. The number of piperidine rings is 1. The monoisotopic (exact) mass is 347 g/mol. The van der Waals surface area contributed by atoms with E-state index in [0.717, 1.165) is 43.6 Å². The molecule has 0 radical (unpaired) electrons. The highest BCUT2D eigenvalue weighted by Crippen LogP contribution is 2.21. The molecule has 3 rings (SSSR count). The van der Waals surface area contributed by atoms with Gasteiger partial charge in [0.2, 0.25) is 5.91 Å². The number of amides is 1. The van der Waals surface area contributed by atoms with Crippen molar-refractivity contribution >= 4 is 11.6 Å². The first-order valence-electron chi connectivity index (χ1n) is 9.25. The number of nitriles is 1. The van der Waals surface area contributed by atoms with Gasteiger partial charge in [0.15, 0.2) is 0 Å². The molecule has 0 unspecified atom stereocenters. The Morgan fingerprint density at radius 2 is 1.73 bits per heavy atom. The molecule has 0 bridgehead atoms. The highest BCUT2D eigenvalue weighted by atomic mass is 16.2. The van der Waals surface area contributed by atoms with Crippen molar-refractivity contribution in [2.24, 2.45) is 5.92 Å². The van der Waals surface area contributed by atoms with Gasteiger partial charge < -0.3 is 5.32 Å². The summed E-state index contributed by atoms with van der Waals surface area (Å²) in [6.07, 6.45) is 3.82. The lowest BCUT2D eigenvalue weighted by molar-refractivity contribution is -0.117. The van der Waals surface area contributed by atoms with E-state index >= 15 is 0 Å². The molecule has 0 aliphatic carbocycles. The lowest BCUT2D eigenvalue weighted by Crippen LogP contribution is -2.39. The molecule has 0 saturated carbocycles. The van der Waals surface area contributed by atoms with Gasteiger partial charge >= 0.3 is 0 Å². The van der Waals surface area contributed by atoms with Crippen LogP contribution in [-0.2, 0) is 17.6 Å². The van der Waals surface area contributed by atoms with Crippen molar-refractivity contribution in [1.82, 2.24) is 4.90 Å². The van der Waals surface area contributed by atoms with Crippen LogP contribution in [0.25, 0.3) is 0 Å². The molecule has 1 heterocycles. The van der Waals surface area contributed by atoms with Crippen LogP contribution in [0.4, 0.5) is 5.69 Å². The Kier molecular flexibility index (Phi) is 6.40. The van der Waals surface area contributed by atoms with Crippen LogP contribution >= 0.6 is 0 Å². The van der Waals surface area contributed by atoms with E-state index in [1.165, 1.54) is 5.56 Å². The summed E-state index contributed by atoms with van der Waals surface area (Å²) < 4.78 is 0. The van der Waals surface area contributed by atoms with Gasteiger partial charge in [-0.05, 0) is 61.5 Å². The predicted molar refractivity (Wildman–Crippen MR) is 104 cm³/mol. The quantitative estimate of drug-likeness (QED) is 0.868. The van der Waals surface area contributed by atoms with Gasteiger partial charge in [-0.25, -0.2) is 0 Å². The van der Waals surface area contributed by atoms with Gasteiger partial charge in [-0.1, -0.05) is 42.5 Å². The van der Waals surface area contributed by atoms with Gasteiger partial charge in [-0.15, -0.1) is 0 Å². The summed E-state index contributed by atoms with van der Waals surface area (Å²) in [7, 11) is 0. The second-order valence-electron chi connectivity index (χ2n) is 6.99. The molecule has 1 saturated heterocycles. The minimum atomic E-state index is 0.0274. The Morgan fingerprint density at radius 3 is 2.38 bits per heavy atom. The average molecular weight is 347 g/mol. The van der Waals surface area contributed by atoms with E-state index in [4.69, 9.17) is 5.26 Å². The SMILES string of the molecule is N#CCc1ccc(NC(=O)CN2CCC(Cc3ccccc3)CC2)cc1. The summed E-state index contributed by atoms with van der Waals surface area (Å²) in [6, 6.07) is 20.3. The molecule has 0 aromatic heterocycles. The van der Waals surface area contributed by atoms with E-state index in [0.29, 0.717) is 18.9 Å². The maximum atomic E-state index is 12.3. The number of nitrogens with one attached hydrogen (secondary N) is 1. The molecule has 2 aromatic carbocycles. The molecular weight excluding hydrogens is 322 g/mol. The van der Waals surface area contributed by atoms with E-state index in [2.05, 4.69) is 46.6 Å². The third-order valence-corrected chi connectivity index (χ3v) is 4.96. The molecule has 4 nitrogen and oxygen atoms in total. The number of nitrogens with zero attached hydrogens (tertiary/aromatic N) is 2. The largest absolute Gasteiger partial charge is 0.325 e. The van der Waals surface area contributed by atoms with Crippen LogP contribution in [0.3, 0.4) is 0 Å². The number of hydrogen-bond acceptors (Lipinski definition) is 3. The standard InChI is InChI=1S/C22H25N3O/c23-13-10-18-6-8-21(9-7-18)24-22(26)17-25-14-11-20(12-15-25)16-19-4-2-1-3-5-19/h1-9,20H,10-12,14-17H2,(H,24,26). The van der Waals surface area contributed by atoms with Crippen molar-refractivity contribution in [3.8, 4) is 6.07 Å². The molecule has 1 aliphatic rings. The highest BCUT2D eigenvalue weighted by Gasteiger charge is 2.21. The molecular formula is C22H25N3O. The van der Waals surface area contributed by atoms with E-state index in [-0.39, 0.29) is 5.91 Å². The van der Waals surface area contributed by atoms with Gasteiger partial charge in [0, 0.05) is 5.69 Å². The molecule has 0 atom stereocenters. The molecule has 26 heavy (non-hydrogen) atoms. The molecule has 1 fully saturated rings. The third kappa shape index (κ3) is 5.44. The first kappa shape index (κ1) is 18.2. The van der Waals surface area contributed by atoms with Gasteiger partial charge in [0.25, 0.3) is 0 Å². The van der Waals surface area contributed by atoms with E-state index in [1.54, 1.807) is 0 Å². The first-order chi connectivity index (χ1) is 12.7. The first-order valence-corrected chi connectivity index (χ1v) is 9.25. The third-order valence-electron chi connectivity index (χ3n) is 4.96. The van der Waals surface area contributed by atoms with Crippen LogP contribution in [0, 0.1) is 17.2 Å². The zero-order chi connectivity index (χ0) is 18.2. The number of hydrogen-bond donors (Lipinski definition) is 1. The maximum Gasteiger partial charge on any atom is 0.238 e. The summed E-state index contributed by atoms with van der Waals surface area (Å²) in [4.78, 5) is 14.5. The van der Waals surface area contributed by atoms with Crippen molar-refractivity contribution in [2.45, 2.75) is 25.7 Å². The Labute approximate surface area is 155 Å². The molecule has 1 aliphatic heterocycles. The second-order valence-corrected chi connectivity index (χ2v) is 6.99. The fraction of sp³-hybridized carbons (Fsp3) is 0.364. The summed E-state index contributed by atoms with van der Waals surface area (Å²) >= 11 is 0. The Bertz CT molecular complexity index is 741. The molecule has 1 N–H and O–H groups in total. The normalized spacial score (nSPS) is 15.3. The summed E-state index contributed by atoms with van der Waals surface area (Å²) in [5.74, 6) is 0.740. The zero-order valence-electron chi connectivity index (χ0n) is 15.0. The van der Waals surface area contributed by atoms with Crippen LogP contribution in [0.15, 0.2) is 54.6 Å². The number of benzene rings is 2. The fourth-order valence-corrected chi connectivity index (χ4v) is 3.50. The Hall–Kier alpha value is -2.64. The van der Waals surface area contributed by atoms with Gasteiger partial charge in [-0.2, -0.15) is 5.26 Å². The Morgan fingerprint density at radius 1 is 1.04 bits per heavy atom. The summed E-state index contributed by atoms with van der Waals surface area (Å²) in [5, 5.41) is 11.6. The number of likely N-dealkylation sites (tertiary alicyclic amines) is 1. The average Bonchev–Trinajstić information content (AvgIpc) is 2.66. The van der Waals surface area contributed by atoms with Crippen LogP contribution in [-0.4, -0.2) is 30.4 Å². The van der Waals surface area contributed by atoms with Gasteiger partial charge in [0.1, 0.15) is 0 Å². The number of anilines is 1. The van der Waals surface area contributed by atoms with Crippen molar-refractivity contribution in [1.29, 1.82) is 5.26 Å². The molecule has 0 spiro atoms. The number of rotatable bonds is 6. The number of carbonyl (C=O) groups excluding carboxylic acids is 1. The van der Waals surface area contributed by atoms with Crippen molar-refractivity contribution < 1.29 is 4.79 Å². The predicted octanol–water partition coefficient (Wildman–Crippen LogP) is 3.65. The van der Waals surface area contributed by atoms with Gasteiger partial charge in [0.05, 0.1) is 19.0 Å². The molecule has 2 aromatic rings. The van der Waals surface area contributed by atoms with Crippen molar-refractivity contribution in [2.75, 3.05) is 25.0 Å². The van der Waals surface area contributed by atoms with Crippen LogP contribution in [0.5, 0.6) is 0 Å². The van der Waals surface area contributed by atoms with Crippen LogP contribution < -0.4 is 5.32 Å². The van der Waals surface area contributed by atoms with Crippen LogP contribution in [0.2, 0.25) is 0 Å². The topological polar surface area (TPSA) is 56.1 Å². The smallest absolute Gasteiger partial charge is 0.238 e. The minimum absolute atomic E-state index is 0.0274. The van der Waals surface area contributed by atoms with E-state index < -0.39 is 0 Å². The zero-order valence-corrected chi connectivity index (χ0v) is 15.0. The lowest BCUT2D eigenvalue weighted by Gasteiger charge is -2.31. The molecule has 4 heteroatoms. The molecule has 134 valence electrons. The van der Waals surface area contributed by atoms with Crippen LogP contribution in [0.1, 0.15) is 24.0 Å². The minimum Gasteiger partial charge on any atom is -0.325 e. The maximum absolute atomic E-state index is 12.3. The Balaban J connectivity index is 1.41. The number of carbonyl (C=O) groups is 1.